The average Bonchev–Trinajstić information content (AvgIpc) is 2.26. The topological polar surface area (TPSA) is 64.3 Å². The van der Waals surface area contributed by atoms with Crippen LogP contribution in [0.1, 0.15) is 18.9 Å². The van der Waals surface area contributed by atoms with E-state index in [4.69, 9.17) is 10.5 Å². The van der Waals surface area contributed by atoms with Crippen LogP contribution in [0.3, 0.4) is 0 Å². The summed E-state index contributed by atoms with van der Waals surface area (Å²) in [6.07, 6.45) is 0.391. The number of carbonyl (C=O) groups is 1. The smallest absolute Gasteiger partial charge is 0.411 e. The lowest BCUT2D eigenvalue weighted by molar-refractivity contribution is 0.161. The Morgan fingerprint density at radius 2 is 2.33 bits per heavy atom. The van der Waals surface area contributed by atoms with Crippen molar-refractivity contribution in [3.8, 4) is 0 Å². The van der Waals surface area contributed by atoms with Gasteiger partial charge in [-0.2, -0.15) is 0 Å². The van der Waals surface area contributed by atoms with E-state index in [1.165, 1.54) is 0 Å². The predicted molar refractivity (Wildman–Crippen MR) is 59.6 cm³/mol. The average molecular weight is 208 g/mol. The maximum absolute atomic E-state index is 11.2. The first-order valence-corrected chi connectivity index (χ1v) is 4.99. The number of hydrogen-bond donors (Lipinski definition) is 2. The number of rotatable bonds is 4. The molecule has 0 saturated carbocycles. The van der Waals surface area contributed by atoms with Gasteiger partial charge in [-0.1, -0.05) is 19.1 Å². The van der Waals surface area contributed by atoms with Crippen LogP contribution in [0.2, 0.25) is 0 Å². The van der Waals surface area contributed by atoms with Crippen LogP contribution < -0.4 is 11.1 Å². The second kappa shape index (κ2) is 6.03. The lowest BCUT2D eigenvalue weighted by Crippen LogP contribution is -2.14. The van der Waals surface area contributed by atoms with E-state index in [1.54, 1.807) is 6.07 Å². The van der Waals surface area contributed by atoms with Crippen LogP contribution in [0.25, 0.3) is 0 Å². The molecule has 4 heteroatoms. The summed E-state index contributed by atoms with van der Waals surface area (Å²) in [6.45, 7) is 2.84. The molecule has 3 N–H and O–H groups in total. The Hall–Kier alpha value is -1.55. The summed E-state index contributed by atoms with van der Waals surface area (Å²) in [5.41, 5.74) is 7.17. The molecule has 0 atom stereocenters. The molecule has 1 amide bonds. The summed E-state index contributed by atoms with van der Waals surface area (Å²) in [7, 11) is 0. The fourth-order valence-corrected chi connectivity index (χ4v) is 1.12. The van der Waals surface area contributed by atoms with Crippen molar-refractivity contribution >= 4 is 11.8 Å². The zero-order valence-corrected chi connectivity index (χ0v) is 8.82. The molecule has 0 aliphatic heterocycles. The number of carbonyl (C=O) groups excluding carboxylic acids is 1. The number of hydrogen-bond acceptors (Lipinski definition) is 3. The van der Waals surface area contributed by atoms with Crippen molar-refractivity contribution in [2.45, 2.75) is 19.9 Å². The molecular formula is C11H16N2O2. The van der Waals surface area contributed by atoms with Crippen molar-refractivity contribution in [2.24, 2.45) is 5.73 Å². The molecule has 0 aliphatic carbocycles. The Kier molecular flexibility index (Phi) is 4.63. The van der Waals surface area contributed by atoms with Crippen LogP contribution in [-0.4, -0.2) is 12.7 Å². The SMILES string of the molecule is CCCOC(=O)Nc1cccc(CN)c1. The van der Waals surface area contributed by atoms with E-state index in [0.29, 0.717) is 18.8 Å². The minimum absolute atomic E-state index is 0.425. The molecule has 0 saturated heterocycles. The van der Waals surface area contributed by atoms with E-state index in [1.807, 2.05) is 25.1 Å². The van der Waals surface area contributed by atoms with Gasteiger partial charge in [0.15, 0.2) is 0 Å². The van der Waals surface area contributed by atoms with Crippen molar-refractivity contribution in [3.63, 3.8) is 0 Å². The largest absolute Gasteiger partial charge is 0.449 e. The second-order valence-electron chi connectivity index (χ2n) is 3.17. The first kappa shape index (κ1) is 11.5. The fraction of sp³-hybridized carbons (Fsp3) is 0.364. The summed E-state index contributed by atoms with van der Waals surface area (Å²) in [4.78, 5) is 11.2. The van der Waals surface area contributed by atoms with Crippen molar-refractivity contribution in [1.29, 1.82) is 0 Å². The molecule has 1 aromatic rings. The van der Waals surface area contributed by atoms with Crippen molar-refractivity contribution in [3.05, 3.63) is 29.8 Å². The number of amides is 1. The third kappa shape index (κ3) is 3.99. The van der Waals surface area contributed by atoms with Crippen LogP contribution in [0.15, 0.2) is 24.3 Å². The van der Waals surface area contributed by atoms with Crippen LogP contribution >= 0.6 is 0 Å². The highest BCUT2D eigenvalue weighted by atomic mass is 16.5. The molecule has 0 bridgehead atoms. The first-order chi connectivity index (χ1) is 7.26. The highest BCUT2D eigenvalue weighted by molar-refractivity contribution is 5.84. The van der Waals surface area contributed by atoms with Gasteiger partial charge in [0.1, 0.15) is 0 Å². The maximum Gasteiger partial charge on any atom is 0.411 e. The molecule has 0 unspecified atom stereocenters. The summed E-state index contributed by atoms with van der Waals surface area (Å²) < 4.78 is 4.89. The minimum atomic E-state index is -0.425. The van der Waals surface area contributed by atoms with Crippen molar-refractivity contribution in [1.82, 2.24) is 0 Å². The Morgan fingerprint density at radius 1 is 1.53 bits per heavy atom. The number of nitrogens with one attached hydrogen (secondary N) is 1. The summed E-state index contributed by atoms with van der Waals surface area (Å²) >= 11 is 0. The van der Waals surface area contributed by atoms with Gasteiger partial charge in [0.05, 0.1) is 6.61 Å². The van der Waals surface area contributed by atoms with E-state index in [-0.39, 0.29) is 0 Å². The van der Waals surface area contributed by atoms with Crippen molar-refractivity contribution in [2.75, 3.05) is 11.9 Å². The van der Waals surface area contributed by atoms with Gasteiger partial charge in [-0.3, -0.25) is 5.32 Å². The standard InChI is InChI=1S/C11H16N2O2/c1-2-6-15-11(14)13-10-5-3-4-9(7-10)8-12/h3-5,7H,2,6,8,12H2,1H3,(H,13,14). The minimum Gasteiger partial charge on any atom is -0.449 e. The van der Waals surface area contributed by atoms with E-state index in [0.717, 1.165) is 12.0 Å². The quantitative estimate of drug-likeness (QED) is 0.796. The zero-order valence-electron chi connectivity index (χ0n) is 8.82. The summed E-state index contributed by atoms with van der Waals surface area (Å²) in [6, 6.07) is 7.37. The number of anilines is 1. The molecule has 1 aromatic carbocycles. The lowest BCUT2D eigenvalue weighted by Gasteiger charge is -2.06. The second-order valence-corrected chi connectivity index (χ2v) is 3.17. The molecular weight excluding hydrogens is 192 g/mol. The Labute approximate surface area is 89.4 Å². The molecule has 0 spiro atoms. The third-order valence-electron chi connectivity index (χ3n) is 1.85. The molecule has 0 fully saturated rings. The Morgan fingerprint density at radius 3 is 3.00 bits per heavy atom. The van der Waals surface area contributed by atoms with E-state index >= 15 is 0 Å². The van der Waals surface area contributed by atoms with Crippen LogP contribution in [0, 0.1) is 0 Å². The molecule has 0 aromatic heterocycles. The lowest BCUT2D eigenvalue weighted by atomic mass is 10.2. The van der Waals surface area contributed by atoms with Gasteiger partial charge in [-0.15, -0.1) is 0 Å². The van der Waals surface area contributed by atoms with Gasteiger partial charge in [0, 0.05) is 12.2 Å². The van der Waals surface area contributed by atoms with Gasteiger partial charge in [0.2, 0.25) is 0 Å². The highest BCUT2D eigenvalue weighted by Crippen LogP contribution is 2.10. The third-order valence-corrected chi connectivity index (χ3v) is 1.85. The first-order valence-electron chi connectivity index (χ1n) is 4.99. The van der Waals surface area contributed by atoms with Gasteiger partial charge >= 0.3 is 6.09 Å². The van der Waals surface area contributed by atoms with E-state index < -0.39 is 6.09 Å². The van der Waals surface area contributed by atoms with Crippen LogP contribution in [0.5, 0.6) is 0 Å². The van der Waals surface area contributed by atoms with Crippen molar-refractivity contribution < 1.29 is 9.53 Å². The fourth-order valence-electron chi connectivity index (χ4n) is 1.12. The van der Waals surface area contributed by atoms with Gasteiger partial charge < -0.3 is 10.5 Å². The number of nitrogens with two attached hydrogens (primary N) is 1. The maximum atomic E-state index is 11.2. The molecule has 15 heavy (non-hydrogen) atoms. The Bertz CT molecular complexity index is 326. The summed E-state index contributed by atoms with van der Waals surface area (Å²) in [5.74, 6) is 0. The van der Waals surface area contributed by atoms with Gasteiger partial charge in [-0.05, 0) is 24.1 Å². The van der Waals surface area contributed by atoms with E-state index in [2.05, 4.69) is 5.32 Å². The van der Waals surface area contributed by atoms with Crippen LogP contribution in [-0.2, 0) is 11.3 Å². The normalized spacial score (nSPS) is 9.73. The Balaban J connectivity index is 2.52. The number of benzene rings is 1. The summed E-state index contributed by atoms with van der Waals surface area (Å²) in [5, 5.41) is 2.63. The highest BCUT2D eigenvalue weighted by Gasteiger charge is 2.02. The molecule has 4 nitrogen and oxygen atoms in total. The zero-order chi connectivity index (χ0) is 11.1. The number of ether oxygens (including phenoxy) is 1. The van der Waals surface area contributed by atoms with E-state index in [9.17, 15) is 4.79 Å². The van der Waals surface area contributed by atoms with Gasteiger partial charge in [-0.25, -0.2) is 4.79 Å². The molecule has 0 radical (unpaired) electrons. The monoisotopic (exact) mass is 208 g/mol. The molecule has 82 valence electrons. The van der Waals surface area contributed by atoms with Gasteiger partial charge in [0.25, 0.3) is 0 Å². The molecule has 1 rings (SSSR count). The van der Waals surface area contributed by atoms with Crippen LogP contribution in [0.4, 0.5) is 10.5 Å². The molecule has 0 heterocycles. The predicted octanol–water partition coefficient (Wildman–Crippen LogP) is 2.10. The molecule has 0 aliphatic rings.